The van der Waals surface area contributed by atoms with Crippen molar-refractivity contribution in [2.45, 2.75) is 42.9 Å². The minimum absolute atomic E-state index is 0.0355. The normalized spacial score (nSPS) is 22.7. The fraction of sp³-hybridized carbons (Fsp3) is 0.269. The summed E-state index contributed by atoms with van der Waals surface area (Å²) in [6, 6.07) is 34.6. The fourth-order valence-electron chi connectivity index (χ4n) is 4.74. The van der Waals surface area contributed by atoms with E-state index < -0.39 is 8.32 Å². The van der Waals surface area contributed by atoms with Crippen LogP contribution < -0.4 is 0 Å². The Kier molecular flexibility index (Phi) is 5.38. The molecule has 4 heteroatoms. The van der Waals surface area contributed by atoms with Crippen LogP contribution in [0.2, 0.25) is 0 Å². The molecule has 2 aliphatic rings. The Balaban J connectivity index is 1.51. The van der Waals surface area contributed by atoms with Crippen LogP contribution in [0.5, 0.6) is 0 Å². The van der Waals surface area contributed by atoms with Crippen molar-refractivity contribution in [3.63, 3.8) is 0 Å². The lowest BCUT2D eigenvalue weighted by molar-refractivity contribution is -0.121. The fourth-order valence-corrected chi connectivity index (χ4v) is 9.17. The number of epoxide rings is 1. The van der Waals surface area contributed by atoms with E-state index in [1.807, 2.05) is 0 Å². The van der Waals surface area contributed by atoms with Crippen LogP contribution in [0.1, 0.15) is 23.1 Å². The second kappa shape index (κ2) is 8.30. The summed E-state index contributed by atoms with van der Waals surface area (Å²) >= 11 is 0. The van der Waals surface area contributed by atoms with Gasteiger partial charge in [-0.15, -0.1) is 0 Å². The zero-order valence-corrected chi connectivity index (χ0v) is 17.9. The summed E-state index contributed by atoms with van der Waals surface area (Å²) < 4.78 is 12.7. The van der Waals surface area contributed by atoms with Gasteiger partial charge in [-0.1, -0.05) is 91.0 Å². The van der Waals surface area contributed by atoms with E-state index in [9.17, 15) is 4.79 Å². The summed E-state index contributed by atoms with van der Waals surface area (Å²) in [5, 5.41) is 0. The molecule has 1 aliphatic carbocycles. The molecule has 3 aromatic carbocycles. The van der Waals surface area contributed by atoms with E-state index in [2.05, 4.69) is 91.0 Å². The Bertz CT molecular complexity index is 889. The molecular formula is C26H26O3Si. The molecule has 3 unspecified atom stereocenters. The minimum Gasteiger partial charge on any atom is -0.410 e. The highest BCUT2D eigenvalue weighted by Gasteiger charge is 2.58. The second-order valence-corrected chi connectivity index (χ2v) is 12.2. The van der Waals surface area contributed by atoms with Gasteiger partial charge in [0.25, 0.3) is 0 Å². The van der Waals surface area contributed by atoms with Crippen LogP contribution in [-0.4, -0.2) is 32.4 Å². The lowest BCUT2D eigenvalue weighted by atomic mass is 10.2. The Hall–Kier alpha value is -2.53. The maximum atomic E-state index is 12.2. The van der Waals surface area contributed by atoms with E-state index in [1.54, 1.807) is 0 Å². The van der Waals surface area contributed by atoms with Crippen molar-refractivity contribution in [1.29, 1.82) is 0 Å². The Labute approximate surface area is 178 Å². The Morgan fingerprint density at radius 2 is 1.17 bits per heavy atom. The van der Waals surface area contributed by atoms with E-state index >= 15 is 0 Å². The van der Waals surface area contributed by atoms with Crippen LogP contribution in [0.25, 0.3) is 0 Å². The van der Waals surface area contributed by atoms with E-state index in [-0.39, 0.29) is 24.1 Å². The van der Waals surface area contributed by atoms with Gasteiger partial charge >= 0.3 is 0 Å². The number of rotatable bonds is 8. The molecule has 5 rings (SSSR count). The van der Waals surface area contributed by atoms with Crippen molar-refractivity contribution < 1.29 is 14.0 Å². The number of carbonyl (C=O) groups excluding carboxylic acids is 1. The third-order valence-corrected chi connectivity index (χ3v) is 10.1. The van der Waals surface area contributed by atoms with Crippen molar-refractivity contribution in [3.05, 3.63) is 108 Å². The van der Waals surface area contributed by atoms with E-state index in [0.29, 0.717) is 6.42 Å². The summed E-state index contributed by atoms with van der Waals surface area (Å²) in [6.45, 7) is 0. The molecule has 2 fully saturated rings. The highest BCUT2D eigenvalue weighted by Crippen LogP contribution is 2.40. The monoisotopic (exact) mass is 414 g/mol. The Morgan fingerprint density at radius 3 is 1.50 bits per heavy atom. The first kappa shape index (κ1) is 19.4. The van der Waals surface area contributed by atoms with Crippen molar-refractivity contribution in [1.82, 2.24) is 0 Å². The van der Waals surface area contributed by atoms with Crippen LogP contribution in [0.4, 0.5) is 0 Å². The zero-order chi connectivity index (χ0) is 20.4. The molecule has 1 saturated carbocycles. The minimum atomic E-state index is -2.36. The maximum Gasteiger partial charge on any atom is 0.206 e. The molecule has 0 N–H and O–H groups in total. The summed E-state index contributed by atoms with van der Waals surface area (Å²) in [4.78, 5) is 12.2. The quantitative estimate of drug-likeness (QED) is 0.405. The summed E-state index contributed by atoms with van der Waals surface area (Å²) in [5.41, 5.74) is 3.90. The third-order valence-electron chi connectivity index (χ3n) is 6.12. The standard InChI is InChI=1S/C26H26O3Si/c27-23-16-24(26-25(23)28-26)29-30(17-20-10-4-1-5-11-20,18-21-12-6-2-7-13-21)19-22-14-8-3-9-15-22/h1-15,24-26H,16-19H2. The van der Waals surface area contributed by atoms with Gasteiger partial charge in [0, 0.05) is 6.42 Å². The van der Waals surface area contributed by atoms with Crippen molar-refractivity contribution in [3.8, 4) is 0 Å². The SMILES string of the molecule is O=C1CC(O[Si](Cc2ccccc2)(Cc2ccccc2)Cc2ccccc2)C2OC12. The molecular weight excluding hydrogens is 388 g/mol. The zero-order valence-electron chi connectivity index (χ0n) is 16.9. The van der Waals surface area contributed by atoms with Gasteiger partial charge in [0.05, 0.1) is 6.10 Å². The van der Waals surface area contributed by atoms with E-state index in [4.69, 9.17) is 9.16 Å². The molecule has 0 aromatic heterocycles. The molecule has 0 amide bonds. The van der Waals surface area contributed by atoms with Crippen LogP contribution in [0.3, 0.4) is 0 Å². The average Bonchev–Trinajstić information content (AvgIpc) is 3.51. The van der Waals surface area contributed by atoms with Crippen LogP contribution >= 0.6 is 0 Å². The predicted molar refractivity (Wildman–Crippen MR) is 119 cm³/mol. The molecule has 1 saturated heterocycles. The molecule has 1 heterocycles. The highest BCUT2D eigenvalue weighted by atomic mass is 28.4. The van der Waals surface area contributed by atoms with Gasteiger partial charge in [-0.25, -0.2) is 0 Å². The van der Waals surface area contributed by atoms with Gasteiger partial charge in [0.2, 0.25) is 8.32 Å². The second-order valence-electron chi connectivity index (χ2n) is 8.52. The molecule has 30 heavy (non-hydrogen) atoms. The lowest BCUT2D eigenvalue weighted by Crippen LogP contribution is -2.50. The van der Waals surface area contributed by atoms with Crippen molar-refractivity contribution in [2.24, 2.45) is 0 Å². The van der Waals surface area contributed by atoms with E-state index in [1.165, 1.54) is 16.7 Å². The van der Waals surface area contributed by atoms with Crippen LogP contribution in [-0.2, 0) is 32.1 Å². The number of hydrogen-bond acceptors (Lipinski definition) is 3. The predicted octanol–water partition coefficient (Wildman–Crippen LogP) is 4.40. The number of fused-ring (bicyclic) bond motifs is 1. The van der Waals surface area contributed by atoms with Gasteiger partial charge < -0.3 is 9.16 Å². The molecule has 3 aromatic rings. The number of benzene rings is 3. The molecule has 0 bridgehead atoms. The lowest BCUT2D eigenvalue weighted by Gasteiger charge is -2.35. The van der Waals surface area contributed by atoms with Gasteiger partial charge in [-0.3, -0.25) is 4.79 Å². The van der Waals surface area contributed by atoms with Gasteiger partial charge in [0.15, 0.2) is 5.78 Å². The van der Waals surface area contributed by atoms with Gasteiger partial charge in [-0.05, 0) is 34.8 Å². The number of ketones is 1. The summed E-state index contributed by atoms with van der Waals surface area (Å²) in [7, 11) is -2.36. The smallest absolute Gasteiger partial charge is 0.206 e. The van der Waals surface area contributed by atoms with Gasteiger partial charge in [0.1, 0.15) is 12.2 Å². The Morgan fingerprint density at radius 1 is 0.733 bits per heavy atom. The molecule has 1 aliphatic heterocycles. The van der Waals surface area contributed by atoms with Crippen LogP contribution in [0, 0.1) is 0 Å². The molecule has 0 radical (unpaired) electrons. The summed E-state index contributed by atoms with van der Waals surface area (Å²) in [5.74, 6) is 0.201. The van der Waals surface area contributed by atoms with Crippen LogP contribution in [0.15, 0.2) is 91.0 Å². The van der Waals surface area contributed by atoms with Crippen molar-refractivity contribution in [2.75, 3.05) is 0 Å². The van der Waals surface area contributed by atoms with Gasteiger partial charge in [-0.2, -0.15) is 0 Å². The first-order chi connectivity index (χ1) is 14.7. The average molecular weight is 415 g/mol. The molecule has 3 nitrogen and oxygen atoms in total. The largest absolute Gasteiger partial charge is 0.410 e. The number of hydrogen-bond donors (Lipinski definition) is 0. The topological polar surface area (TPSA) is 38.8 Å². The molecule has 0 spiro atoms. The number of ether oxygens (including phenoxy) is 1. The first-order valence-electron chi connectivity index (χ1n) is 10.7. The molecule has 152 valence electrons. The summed E-state index contributed by atoms with van der Waals surface area (Å²) in [6.07, 6.45) is 0.131. The molecule has 3 atom stereocenters. The first-order valence-corrected chi connectivity index (χ1v) is 13.2. The third kappa shape index (κ3) is 4.31. The highest BCUT2D eigenvalue weighted by molar-refractivity contribution is 6.72. The number of carbonyl (C=O) groups is 1. The van der Waals surface area contributed by atoms with E-state index in [0.717, 1.165) is 18.1 Å². The van der Waals surface area contributed by atoms with Crippen molar-refractivity contribution >= 4 is 14.1 Å². The number of Topliss-reactive ketones (excluding diaryl/α,β-unsaturated/α-hetero) is 1. The maximum absolute atomic E-state index is 12.2.